The van der Waals surface area contributed by atoms with Gasteiger partial charge in [-0.05, 0) is 37.1 Å². The van der Waals surface area contributed by atoms with Gasteiger partial charge < -0.3 is 0 Å². The molecule has 0 saturated carbocycles. The minimum absolute atomic E-state index is 0.157. The van der Waals surface area contributed by atoms with E-state index in [2.05, 4.69) is 10.3 Å². The largest absolute Gasteiger partial charge is 0.296 e. The van der Waals surface area contributed by atoms with Crippen LogP contribution < -0.4 is 0 Å². The highest BCUT2D eigenvalue weighted by Crippen LogP contribution is 2.13. The van der Waals surface area contributed by atoms with Gasteiger partial charge in [-0.25, -0.2) is 4.68 Å². The van der Waals surface area contributed by atoms with E-state index in [0.29, 0.717) is 13.0 Å². The molecule has 0 amide bonds. The Morgan fingerprint density at radius 3 is 2.52 bits per heavy atom. The molecule has 2 aromatic carbocycles. The molecule has 0 N–H and O–H groups in total. The van der Waals surface area contributed by atoms with Crippen LogP contribution in [-0.4, -0.2) is 30.0 Å². The number of para-hydroxylation sites is 1. The van der Waals surface area contributed by atoms with Crippen molar-refractivity contribution in [3.63, 3.8) is 0 Å². The van der Waals surface area contributed by atoms with Crippen LogP contribution in [0.2, 0.25) is 0 Å². The summed E-state index contributed by atoms with van der Waals surface area (Å²) >= 11 is 0. The SMILES string of the molecule is O=S(=O)(OCCCCn1nnc2ccccc21)c1ccccc1. The van der Waals surface area contributed by atoms with Crippen molar-refractivity contribution in [2.75, 3.05) is 6.61 Å². The molecule has 1 aromatic heterocycles. The lowest BCUT2D eigenvalue weighted by Gasteiger charge is -2.06. The molecular weight excluding hydrogens is 314 g/mol. The highest BCUT2D eigenvalue weighted by molar-refractivity contribution is 7.86. The van der Waals surface area contributed by atoms with Gasteiger partial charge in [0.2, 0.25) is 0 Å². The first kappa shape index (κ1) is 15.6. The Morgan fingerprint density at radius 1 is 0.957 bits per heavy atom. The highest BCUT2D eigenvalue weighted by Gasteiger charge is 2.13. The molecule has 0 saturated heterocycles. The third-order valence-corrected chi connectivity index (χ3v) is 4.78. The molecule has 6 nitrogen and oxygen atoms in total. The first-order valence-electron chi connectivity index (χ1n) is 7.39. The topological polar surface area (TPSA) is 74.1 Å². The van der Waals surface area contributed by atoms with E-state index in [4.69, 9.17) is 4.18 Å². The van der Waals surface area contributed by atoms with Gasteiger partial charge in [-0.3, -0.25) is 4.18 Å². The monoisotopic (exact) mass is 331 g/mol. The maximum absolute atomic E-state index is 11.9. The highest BCUT2D eigenvalue weighted by atomic mass is 32.2. The van der Waals surface area contributed by atoms with Gasteiger partial charge in [0.15, 0.2) is 0 Å². The van der Waals surface area contributed by atoms with Crippen LogP contribution in [0, 0.1) is 0 Å². The molecule has 0 radical (unpaired) electrons. The molecule has 0 spiro atoms. The van der Waals surface area contributed by atoms with Gasteiger partial charge >= 0.3 is 0 Å². The molecule has 0 aliphatic rings. The molecule has 0 aliphatic carbocycles. The number of aryl methyl sites for hydroxylation is 1. The van der Waals surface area contributed by atoms with Gasteiger partial charge in [-0.1, -0.05) is 35.5 Å². The molecule has 3 aromatic rings. The van der Waals surface area contributed by atoms with E-state index < -0.39 is 10.1 Å². The molecule has 3 rings (SSSR count). The van der Waals surface area contributed by atoms with Crippen molar-refractivity contribution in [1.82, 2.24) is 15.0 Å². The lowest BCUT2D eigenvalue weighted by atomic mass is 10.3. The van der Waals surface area contributed by atoms with Crippen molar-refractivity contribution in [3.8, 4) is 0 Å². The Labute approximate surface area is 134 Å². The van der Waals surface area contributed by atoms with E-state index >= 15 is 0 Å². The average molecular weight is 331 g/mol. The fraction of sp³-hybridized carbons (Fsp3) is 0.250. The fourth-order valence-electron chi connectivity index (χ4n) is 2.27. The Bertz CT molecular complexity index is 876. The average Bonchev–Trinajstić information content (AvgIpc) is 2.99. The van der Waals surface area contributed by atoms with Crippen molar-refractivity contribution in [1.29, 1.82) is 0 Å². The Kier molecular flexibility index (Phi) is 4.68. The molecular formula is C16H17N3O3S. The minimum atomic E-state index is -3.66. The first-order chi connectivity index (χ1) is 11.2. The number of rotatable bonds is 7. The third-order valence-electron chi connectivity index (χ3n) is 3.45. The predicted octanol–water partition coefficient (Wildman–Crippen LogP) is 2.62. The molecule has 1 heterocycles. The quantitative estimate of drug-likeness (QED) is 0.491. The van der Waals surface area contributed by atoms with Gasteiger partial charge in [0.25, 0.3) is 10.1 Å². The summed E-state index contributed by atoms with van der Waals surface area (Å²) in [5.74, 6) is 0. The minimum Gasteiger partial charge on any atom is -0.266 e. The number of benzene rings is 2. The zero-order valence-electron chi connectivity index (χ0n) is 12.5. The van der Waals surface area contributed by atoms with E-state index in [1.807, 2.05) is 28.9 Å². The van der Waals surface area contributed by atoms with Gasteiger partial charge in [-0.2, -0.15) is 8.42 Å². The number of hydrogen-bond donors (Lipinski definition) is 0. The standard InChI is InChI=1S/C16H17N3O3S/c20-23(21,14-8-2-1-3-9-14)22-13-7-6-12-19-16-11-5-4-10-15(16)17-18-19/h1-5,8-11H,6-7,12-13H2. The van der Waals surface area contributed by atoms with Crippen LogP contribution in [0.1, 0.15) is 12.8 Å². The molecule has 0 atom stereocenters. The molecule has 0 fully saturated rings. The molecule has 7 heteroatoms. The summed E-state index contributed by atoms with van der Waals surface area (Å²) in [4.78, 5) is 0.183. The van der Waals surface area contributed by atoms with Crippen LogP contribution in [0.15, 0.2) is 59.5 Å². The first-order valence-corrected chi connectivity index (χ1v) is 8.80. The van der Waals surface area contributed by atoms with E-state index in [9.17, 15) is 8.42 Å². The number of nitrogens with zero attached hydrogens (tertiary/aromatic N) is 3. The zero-order chi connectivity index (χ0) is 16.1. The van der Waals surface area contributed by atoms with Crippen LogP contribution in [0.4, 0.5) is 0 Å². The van der Waals surface area contributed by atoms with Crippen LogP contribution in [0.5, 0.6) is 0 Å². The molecule has 23 heavy (non-hydrogen) atoms. The summed E-state index contributed by atoms with van der Waals surface area (Å²) in [5.41, 5.74) is 1.83. The second-order valence-corrected chi connectivity index (χ2v) is 6.71. The van der Waals surface area contributed by atoms with E-state index in [-0.39, 0.29) is 11.5 Å². The lowest BCUT2D eigenvalue weighted by Crippen LogP contribution is -2.08. The molecule has 0 aliphatic heterocycles. The fourth-order valence-corrected chi connectivity index (χ4v) is 3.23. The summed E-state index contributed by atoms with van der Waals surface area (Å²) < 4.78 is 30.8. The number of unbranched alkanes of at least 4 members (excludes halogenated alkanes) is 1. The van der Waals surface area contributed by atoms with Crippen molar-refractivity contribution in [2.45, 2.75) is 24.3 Å². The van der Waals surface area contributed by atoms with Gasteiger partial charge in [0.1, 0.15) is 5.52 Å². The van der Waals surface area contributed by atoms with Crippen LogP contribution in [0.3, 0.4) is 0 Å². The van der Waals surface area contributed by atoms with E-state index in [0.717, 1.165) is 17.5 Å². The smallest absolute Gasteiger partial charge is 0.266 e. The maximum atomic E-state index is 11.9. The Balaban J connectivity index is 1.49. The van der Waals surface area contributed by atoms with Crippen molar-refractivity contribution < 1.29 is 12.6 Å². The second-order valence-electron chi connectivity index (χ2n) is 5.10. The molecule has 0 bridgehead atoms. The van der Waals surface area contributed by atoms with Gasteiger partial charge in [0, 0.05) is 6.54 Å². The van der Waals surface area contributed by atoms with Crippen LogP contribution in [0.25, 0.3) is 11.0 Å². The summed E-state index contributed by atoms with van der Waals surface area (Å²) in [5, 5.41) is 8.18. The number of hydrogen-bond acceptors (Lipinski definition) is 5. The normalized spacial score (nSPS) is 11.8. The lowest BCUT2D eigenvalue weighted by molar-refractivity contribution is 0.304. The second kappa shape index (κ2) is 6.89. The van der Waals surface area contributed by atoms with Crippen LogP contribution >= 0.6 is 0 Å². The van der Waals surface area contributed by atoms with Crippen LogP contribution in [-0.2, 0) is 20.8 Å². The van der Waals surface area contributed by atoms with Crippen molar-refractivity contribution in [3.05, 3.63) is 54.6 Å². The third kappa shape index (κ3) is 3.75. The molecule has 120 valence electrons. The number of aromatic nitrogens is 3. The van der Waals surface area contributed by atoms with Gasteiger partial charge in [-0.15, -0.1) is 5.10 Å². The summed E-state index contributed by atoms with van der Waals surface area (Å²) in [6.45, 7) is 0.832. The van der Waals surface area contributed by atoms with Gasteiger partial charge in [0.05, 0.1) is 17.0 Å². The Morgan fingerprint density at radius 2 is 1.70 bits per heavy atom. The molecule has 0 unspecified atom stereocenters. The predicted molar refractivity (Wildman–Crippen MR) is 86.3 cm³/mol. The van der Waals surface area contributed by atoms with Crippen molar-refractivity contribution >= 4 is 21.2 Å². The zero-order valence-corrected chi connectivity index (χ0v) is 13.3. The summed E-state index contributed by atoms with van der Waals surface area (Å²) in [7, 11) is -3.66. The summed E-state index contributed by atoms with van der Waals surface area (Å²) in [6, 6.07) is 15.9. The van der Waals surface area contributed by atoms with Crippen molar-refractivity contribution in [2.24, 2.45) is 0 Å². The Hall–Kier alpha value is -2.25. The van der Waals surface area contributed by atoms with E-state index in [1.54, 1.807) is 18.2 Å². The summed E-state index contributed by atoms with van der Waals surface area (Å²) in [6.07, 6.45) is 1.39. The van der Waals surface area contributed by atoms with E-state index in [1.165, 1.54) is 12.1 Å². The maximum Gasteiger partial charge on any atom is 0.296 e. The number of fused-ring (bicyclic) bond motifs is 1.